The normalized spacial score (nSPS) is 12.1. The van der Waals surface area contributed by atoms with Crippen LogP contribution in [0, 0.1) is 5.92 Å². The van der Waals surface area contributed by atoms with Crippen LogP contribution >= 0.6 is 0 Å². The standard InChI is InChI=1S/C11H16N2O2/c1-8(6-12)11(15)13-7-9-2-4-10(14)5-3-9/h2-5,8,14H,6-7,12H2,1H3,(H,13,15). The van der Waals surface area contributed by atoms with Gasteiger partial charge in [0.1, 0.15) is 5.75 Å². The molecule has 1 aromatic rings. The molecule has 0 saturated carbocycles. The number of hydrogen-bond donors (Lipinski definition) is 3. The summed E-state index contributed by atoms with van der Waals surface area (Å²) in [6, 6.07) is 6.72. The molecule has 1 amide bonds. The van der Waals surface area contributed by atoms with Gasteiger partial charge < -0.3 is 16.2 Å². The molecule has 0 heterocycles. The van der Waals surface area contributed by atoms with Crippen molar-refractivity contribution in [3.05, 3.63) is 29.8 Å². The zero-order chi connectivity index (χ0) is 11.3. The van der Waals surface area contributed by atoms with Crippen LogP contribution in [0.4, 0.5) is 0 Å². The summed E-state index contributed by atoms with van der Waals surface area (Å²) in [5, 5.41) is 11.8. The molecule has 0 aliphatic rings. The minimum absolute atomic E-state index is 0.0504. The number of carbonyl (C=O) groups excluding carboxylic acids is 1. The van der Waals surface area contributed by atoms with E-state index in [1.165, 1.54) is 0 Å². The molecule has 82 valence electrons. The monoisotopic (exact) mass is 208 g/mol. The molecule has 4 N–H and O–H groups in total. The molecule has 4 heteroatoms. The highest BCUT2D eigenvalue weighted by Crippen LogP contribution is 2.09. The lowest BCUT2D eigenvalue weighted by Crippen LogP contribution is -2.32. The van der Waals surface area contributed by atoms with Gasteiger partial charge in [-0.15, -0.1) is 0 Å². The number of rotatable bonds is 4. The third-order valence-electron chi connectivity index (χ3n) is 2.20. The summed E-state index contributed by atoms with van der Waals surface area (Å²) in [5.74, 6) is 0.00749. The number of carbonyl (C=O) groups is 1. The van der Waals surface area contributed by atoms with Gasteiger partial charge in [-0.2, -0.15) is 0 Å². The highest BCUT2D eigenvalue weighted by Gasteiger charge is 2.09. The summed E-state index contributed by atoms with van der Waals surface area (Å²) in [7, 11) is 0. The molecule has 4 nitrogen and oxygen atoms in total. The predicted molar refractivity (Wildman–Crippen MR) is 58.2 cm³/mol. The zero-order valence-corrected chi connectivity index (χ0v) is 8.73. The van der Waals surface area contributed by atoms with Crippen LogP contribution in [0.2, 0.25) is 0 Å². The van der Waals surface area contributed by atoms with Gasteiger partial charge in [0.15, 0.2) is 0 Å². The Hall–Kier alpha value is -1.55. The van der Waals surface area contributed by atoms with Crippen LogP contribution in [-0.4, -0.2) is 17.6 Å². The van der Waals surface area contributed by atoms with Gasteiger partial charge in [-0.05, 0) is 17.7 Å². The van der Waals surface area contributed by atoms with Gasteiger partial charge in [0.05, 0.1) is 0 Å². The third-order valence-corrected chi connectivity index (χ3v) is 2.20. The Balaban J connectivity index is 2.43. The van der Waals surface area contributed by atoms with Crippen LogP contribution in [0.15, 0.2) is 24.3 Å². The Bertz CT molecular complexity index is 322. The Morgan fingerprint density at radius 1 is 1.47 bits per heavy atom. The van der Waals surface area contributed by atoms with Crippen molar-refractivity contribution in [2.75, 3.05) is 6.54 Å². The first-order chi connectivity index (χ1) is 7.13. The van der Waals surface area contributed by atoms with Gasteiger partial charge in [0, 0.05) is 19.0 Å². The molecule has 0 fully saturated rings. The van der Waals surface area contributed by atoms with Crippen LogP contribution in [0.3, 0.4) is 0 Å². The fourth-order valence-electron chi connectivity index (χ4n) is 1.08. The van der Waals surface area contributed by atoms with Crippen molar-refractivity contribution in [1.82, 2.24) is 5.32 Å². The maximum Gasteiger partial charge on any atom is 0.224 e. The molecule has 0 aliphatic carbocycles. The van der Waals surface area contributed by atoms with E-state index in [1.807, 2.05) is 0 Å². The minimum Gasteiger partial charge on any atom is -0.508 e. The molecule has 1 rings (SSSR count). The fraction of sp³-hybridized carbons (Fsp3) is 0.364. The van der Waals surface area contributed by atoms with Gasteiger partial charge in [-0.1, -0.05) is 19.1 Å². The van der Waals surface area contributed by atoms with E-state index in [2.05, 4.69) is 5.32 Å². The highest BCUT2D eigenvalue weighted by atomic mass is 16.3. The van der Waals surface area contributed by atoms with E-state index in [0.717, 1.165) is 5.56 Å². The summed E-state index contributed by atoms with van der Waals surface area (Å²) in [4.78, 5) is 11.4. The summed E-state index contributed by atoms with van der Waals surface area (Å²) >= 11 is 0. The van der Waals surface area contributed by atoms with Crippen LogP contribution in [0.25, 0.3) is 0 Å². The first kappa shape index (κ1) is 11.5. The molecule has 15 heavy (non-hydrogen) atoms. The second-order valence-electron chi connectivity index (χ2n) is 3.52. The van der Waals surface area contributed by atoms with E-state index in [-0.39, 0.29) is 17.6 Å². The quantitative estimate of drug-likeness (QED) is 0.678. The van der Waals surface area contributed by atoms with Crippen molar-refractivity contribution < 1.29 is 9.90 Å². The number of aromatic hydroxyl groups is 1. The van der Waals surface area contributed by atoms with Crippen LogP contribution < -0.4 is 11.1 Å². The molecular formula is C11H16N2O2. The molecule has 0 saturated heterocycles. The molecule has 0 bridgehead atoms. The first-order valence-electron chi connectivity index (χ1n) is 4.89. The van der Waals surface area contributed by atoms with Crippen LogP contribution in [0.5, 0.6) is 5.75 Å². The molecule has 0 spiro atoms. The second kappa shape index (κ2) is 5.36. The SMILES string of the molecule is CC(CN)C(=O)NCc1ccc(O)cc1. The van der Waals surface area contributed by atoms with Gasteiger partial charge in [0.25, 0.3) is 0 Å². The van der Waals surface area contributed by atoms with E-state index in [1.54, 1.807) is 31.2 Å². The van der Waals surface area contributed by atoms with Gasteiger partial charge in [0.2, 0.25) is 5.91 Å². The molecule has 1 atom stereocenters. The largest absolute Gasteiger partial charge is 0.508 e. The van der Waals surface area contributed by atoms with Crippen LogP contribution in [-0.2, 0) is 11.3 Å². The predicted octanol–water partition coefficient (Wildman–Crippen LogP) is 0.603. The Kier molecular flexibility index (Phi) is 4.12. The summed E-state index contributed by atoms with van der Waals surface area (Å²) in [6.07, 6.45) is 0. The van der Waals surface area contributed by atoms with Crippen LogP contribution in [0.1, 0.15) is 12.5 Å². The lowest BCUT2D eigenvalue weighted by atomic mass is 10.1. The van der Waals surface area contributed by atoms with Gasteiger partial charge in [-0.25, -0.2) is 0 Å². The van der Waals surface area contributed by atoms with Gasteiger partial charge in [-0.3, -0.25) is 4.79 Å². The smallest absolute Gasteiger partial charge is 0.224 e. The van der Waals surface area contributed by atoms with Crippen molar-refractivity contribution in [3.8, 4) is 5.75 Å². The lowest BCUT2D eigenvalue weighted by molar-refractivity contribution is -0.124. The Morgan fingerprint density at radius 2 is 2.07 bits per heavy atom. The van der Waals surface area contributed by atoms with Crippen molar-refractivity contribution in [2.24, 2.45) is 11.7 Å². The molecule has 0 radical (unpaired) electrons. The van der Waals surface area contributed by atoms with E-state index in [4.69, 9.17) is 10.8 Å². The summed E-state index contributed by atoms with van der Waals surface area (Å²) in [6.45, 7) is 2.59. The average Bonchev–Trinajstić information content (AvgIpc) is 2.26. The van der Waals surface area contributed by atoms with Crippen molar-refractivity contribution in [3.63, 3.8) is 0 Å². The van der Waals surface area contributed by atoms with E-state index in [0.29, 0.717) is 13.1 Å². The number of nitrogens with one attached hydrogen (secondary N) is 1. The number of nitrogens with two attached hydrogens (primary N) is 1. The Morgan fingerprint density at radius 3 is 2.60 bits per heavy atom. The average molecular weight is 208 g/mol. The number of amides is 1. The fourth-order valence-corrected chi connectivity index (χ4v) is 1.08. The summed E-state index contributed by atoms with van der Waals surface area (Å²) in [5.41, 5.74) is 6.32. The number of benzene rings is 1. The van der Waals surface area contributed by atoms with E-state index in [9.17, 15) is 4.79 Å². The molecule has 0 aliphatic heterocycles. The summed E-state index contributed by atoms with van der Waals surface area (Å²) < 4.78 is 0. The molecule has 0 aromatic heterocycles. The van der Waals surface area contributed by atoms with Crippen molar-refractivity contribution in [2.45, 2.75) is 13.5 Å². The third kappa shape index (κ3) is 3.59. The molecule has 1 aromatic carbocycles. The maximum absolute atomic E-state index is 11.4. The molecule has 1 unspecified atom stereocenters. The number of hydrogen-bond acceptors (Lipinski definition) is 3. The van der Waals surface area contributed by atoms with Crippen molar-refractivity contribution in [1.29, 1.82) is 0 Å². The van der Waals surface area contributed by atoms with E-state index < -0.39 is 0 Å². The first-order valence-corrected chi connectivity index (χ1v) is 4.89. The van der Waals surface area contributed by atoms with Gasteiger partial charge >= 0.3 is 0 Å². The highest BCUT2D eigenvalue weighted by molar-refractivity contribution is 5.78. The van der Waals surface area contributed by atoms with E-state index >= 15 is 0 Å². The molecular weight excluding hydrogens is 192 g/mol. The minimum atomic E-state index is -0.165. The second-order valence-corrected chi connectivity index (χ2v) is 3.52. The number of phenolic OH excluding ortho intramolecular Hbond substituents is 1. The topological polar surface area (TPSA) is 75.4 Å². The Labute approximate surface area is 89.1 Å². The lowest BCUT2D eigenvalue weighted by Gasteiger charge is -2.09. The maximum atomic E-state index is 11.4. The van der Waals surface area contributed by atoms with Crippen molar-refractivity contribution >= 4 is 5.91 Å². The zero-order valence-electron chi connectivity index (χ0n) is 8.73. The number of phenols is 1.